The lowest BCUT2D eigenvalue weighted by molar-refractivity contribution is -0.114. The van der Waals surface area contributed by atoms with E-state index in [1.54, 1.807) is 18.7 Å². The number of nitrogens with two attached hydrogens (primary N) is 1. The third-order valence-electron chi connectivity index (χ3n) is 1.56. The zero-order valence-corrected chi connectivity index (χ0v) is 7.38. The van der Waals surface area contributed by atoms with E-state index in [1.165, 1.54) is 6.92 Å². The van der Waals surface area contributed by atoms with E-state index in [9.17, 15) is 4.79 Å². The molecule has 12 heavy (non-hydrogen) atoms. The van der Waals surface area contributed by atoms with Crippen molar-refractivity contribution in [2.45, 2.75) is 13.8 Å². The fourth-order valence-electron chi connectivity index (χ4n) is 0.990. The third kappa shape index (κ3) is 1.39. The summed E-state index contributed by atoms with van der Waals surface area (Å²) in [4.78, 5) is 10.7. The van der Waals surface area contributed by atoms with Gasteiger partial charge in [0.05, 0.1) is 11.4 Å². The third-order valence-corrected chi connectivity index (χ3v) is 1.56. The van der Waals surface area contributed by atoms with Gasteiger partial charge in [0.15, 0.2) is 5.82 Å². The second kappa shape index (κ2) is 2.84. The van der Waals surface area contributed by atoms with Crippen molar-refractivity contribution in [3.63, 3.8) is 0 Å². The summed E-state index contributed by atoms with van der Waals surface area (Å²) in [5, 5.41) is 6.64. The molecule has 5 nitrogen and oxygen atoms in total. The molecule has 1 heterocycles. The normalized spacial score (nSPS) is 9.92. The highest BCUT2D eigenvalue weighted by Gasteiger charge is 2.09. The quantitative estimate of drug-likeness (QED) is 0.632. The maximum absolute atomic E-state index is 10.7. The van der Waals surface area contributed by atoms with E-state index in [2.05, 4.69) is 10.4 Å². The summed E-state index contributed by atoms with van der Waals surface area (Å²) < 4.78 is 1.55. The molecule has 0 spiro atoms. The predicted octanol–water partition coefficient (Wildman–Crippen LogP) is 0.269. The fourth-order valence-corrected chi connectivity index (χ4v) is 0.990. The van der Waals surface area contributed by atoms with Crippen LogP contribution in [-0.2, 0) is 11.8 Å². The Balaban J connectivity index is 3.05. The molecule has 1 amide bonds. The highest BCUT2D eigenvalue weighted by molar-refractivity contribution is 5.91. The molecule has 0 saturated carbocycles. The molecule has 0 fully saturated rings. The highest BCUT2D eigenvalue weighted by atomic mass is 16.1. The van der Waals surface area contributed by atoms with E-state index in [1.807, 2.05) is 0 Å². The lowest BCUT2D eigenvalue weighted by Crippen LogP contribution is -2.11. The highest BCUT2D eigenvalue weighted by Crippen LogP contribution is 2.20. The van der Waals surface area contributed by atoms with Crippen LogP contribution in [0.2, 0.25) is 0 Å². The number of nitrogens with one attached hydrogen (secondary N) is 1. The van der Waals surface area contributed by atoms with E-state index in [0.29, 0.717) is 11.5 Å². The maximum Gasteiger partial charge on any atom is 0.222 e. The van der Waals surface area contributed by atoms with Crippen LogP contribution in [-0.4, -0.2) is 15.7 Å². The van der Waals surface area contributed by atoms with Crippen LogP contribution in [0, 0.1) is 6.92 Å². The molecule has 0 aliphatic heterocycles. The van der Waals surface area contributed by atoms with Crippen LogP contribution in [0.25, 0.3) is 0 Å². The maximum atomic E-state index is 10.7. The second-order valence-corrected chi connectivity index (χ2v) is 2.65. The first kappa shape index (κ1) is 8.58. The van der Waals surface area contributed by atoms with Crippen LogP contribution >= 0.6 is 0 Å². The Bertz CT molecular complexity index is 315. The molecule has 3 N–H and O–H groups in total. The molecule has 0 aliphatic rings. The van der Waals surface area contributed by atoms with Gasteiger partial charge in [0.2, 0.25) is 5.91 Å². The van der Waals surface area contributed by atoms with E-state index in [-0.39, 0.29) is 5.91 Å². The first-order valence-electron chi connectivity index (χ1n) is 3.59. The topological polar surface area (TPSA) is 72.9 Å². The van der Waals surface area contributed by atoms with Gasteiger partial charge >= 0.3 is 0 Å². The van der Waals surface area contributed by atoms with E-state index >= 15 is 0 Å². The zero-order valence-electron chi connectivity index (χ0n) is 7.38. The molecule has 1 rings (SSSR count). The van der Waals surface area contributed by atoms with Gasteiger partial charge in [0.1, 0.15) is 0 Å². The molecule has 1 aromatic rings. The molecule has 0 saturated heterocycles. The van der Waals surface area contributed by atoms with Gasteiger partial charge in [-0.15, -0.1) is 0 Å². The van der Waals surface area contributed by atoms with Crippen molar-refractivity contribution >= 4 is 17.4 Å². The predicted molar refractivity (Wildman–Crippen MR) is 46.7 cm³/mol. The summed E-state index contributed by atoms with van der Waals surface area (Å²) in [6, 6.07) is 0. The number of anilines is 2. The Kier molecular flexibility index (Phi) is 2.03. The molecular weight excluding hydrogens is 156 g/mol. The summed E-state index contributed by atoms with van der Waals surface area (Å²) in [5.41, 5.74) is 6.90. The largest absolute Gasteiger partial charge is 0.394 e. The molecule has 0 aromatic carbocycles. The molecule has 0 bridgehead atoms. The molecule has 0 radical (unpaired) electrons. The SMILES string of the molecule is CC(=O)Nc1c(N)c(C)nn1C. The minimum atomic E-state index is -0.148. The molecule has 0 aliphatic carbocycles. The number of carbonyl (C=O) groups is 1. The number of hydrogen-bond acceptors (Lipinski definition) is 3. The average Bonchev–Trinajstić information content (AvgIpc) is 2.16. The number of aryl methyl sites for hydroxylation is 2. The Hall–Kier alpha value is -1.52. The van der Waals surface area contributed by atoms with Crippen LogP contribution in [0.4, 0.5) is 11.5 Å². The number of nitrogen functional groups attached to an aromatic ring is 1. The average molecular weight is 168 g/mol. The molecule has 0 atom stereocenters. The lowest BCUT2D eigenvalue weighted by atomic mass is 10.4. The summed E-state index contributed by atoms with van der Waals surface area (Å²) >= 11 is 0. The minimum Gasteiger partial charge on any atom is -0.394 e. The monoisotopic (exact) mass is 168 g/mol. The number of rotatable bonds is 1. The minimum absolute atomic E-state index is 0.148. The second-order valence-electron chi connectivity index (χ2n) is 2.65. The van der Waals surface area contributed by atoms with Crippen molar-refractivity contribution in [1.82, 2.24) is 9.78 Å². The number of nitrogens with zero attached hydrogens (tertiary/aromatic N) is 2. The first-order chi connectivity index (χ1) is 5.52. The van der Waals surface area contributed by atoms with Gasteiger partial charge in [0.25, 0.3) is 0 Å². The molecule has 1 aromatic heterocycles. The Morgan fingerprint density at radius 1 is 1.67 bits per heavy atom. The molecule has 5 heteroatoms. The Morgan fingerprint density at radius 3 is 2.58 bits per heavy atom. The van der Waals surface area contributed by atoms with Crippen LogP contribution in [0.3, 0.4) is 0 Å². The van der Waals surface area contributed by atoms with Crippen molar-refractivity contribution < 1.29 is 4.79 Å². The van der Waals surface area contributed by atoms with Crippen molar-refractivity contribution in [2.24, 2.45) is 7.05 Å². The van der Waals surface area contributed by atoms with Gasteiger partial charge in [-0.25, -0.2) is 0 Å². The van der Waals surface area contributed by atoms with Crippen LogP contribution in [0.1, 0.15) is 12.6 Å². The number of aromatic nitrogens is 2. The van der Waals surface area contributed by atoms with Gasteiger partial charge in [-0.3, -0.25) is 9.48 Å². The van der Waals surface area contributed by atoms with Crippen molar-refractivity contribution in [3.8, 4) is 0 Å². The van der Waals surface area contributed by atoms with Gasteiger partial charge in [-0.1, -0.05) is 0 Å². The fraction of sp³-hybridized carbons (Fsp3) is 0.429. The smallest absolute Gasteiger partial charge is 0.222 e. The number of carbonyl (C=O) groups excluding carboxylic acids is 1. The first-order valence-corrected chi connectivity index (χ1v) is 3.59. The Morgan fingerprint density at radius 2 is 2.25 bits per heavy atom. The van der Waals surface area contributed by atoms with E-state index in [4.69, 9.17) is 5.73 Å². The lowest BCUT2D eigenvalue weighted by Gasteiger charge is -2.02. The number of hydrogen-bond donors (Lipinski definition) is 2. The summed E-state index contributed by atoms with van der Waals surface area (Å²) in [6.07, 6.45) is 0. The van der Waals surface area contributed by atoms with Gasteiger partial charge < -0.3 is 11.1 Å². The van der Waals surface area contributed by atoms with Crippen molar-refractivity contribution in [3.05, 3.63) is 5.69 Å². The van der Waals surface area contributed by atoms with Crippen molar-refractivity contribution in [1.29, 1.82) is 0 Å². The Labute approximate surface area is 70.5 Å². The zero-order chi connectivity index (χ0) is 9.30. The van der Waals surface area contributed by atoms with Gasteiger partial charge in [-0.05, 0) is 6.92 Å². The van der Waals surface area contributed by atoms with Gasteiger partial charge in [-0.2, -0.15) is 5.10 Å². The summed E-state index contributed by atoms with van der Waals surface area (Å²) in [7, 11) is 1.73. The standard InChI is InChI=1S/C7H12N4O/c1-4-6(8)7(9-5(2)12)11(3)10-4/h8H2,1-3H3,(H,9,12). The van der Waals surface area contributed by atoms with Crippen molar-refractivity contribution in [2.75, 3.05) is 11.1 Å². The molecule has 66 valence electrons. The van der Waals surface area contributed by atoms with Crippen LogP contribution in [0.15, 0.2) is 0 Å². The van der Waals surface area contributed by atoms with E-state index in [0.717, 1.165) is 5.69 Å². The molecular formula is C7H12N4O. The number of amides is 1. The summed E-state index contributed by atoms with van der Waals surface area (Å²) in [5.74, 6) is 0.407. The van der Waals surface area contributed by atoms with Gasteiger partial charge in [0, 0.05) is 14.0 Å². The van der Waals surface area contributed by atoms with Crippen LogP contribution < -0.4 is 11.1 Å². The summed E-state index contributed by atoms with van der Waals surface area (Å²) in [6.45, 7) is 3.22. The van der Waals surface area contributed by atoms with Crippen LogP contribution in [0.5, 0.6) is 0 Å². The molecule has 0 unspecified atom stereocenters. The van der Waals surface area contributed by atoms with E-state index < -0.39 is 0 Å².